The molecule has 1 aliphatic carbocycles. The molecule has 1 amide bonds. The maximum absolute atomic E-state index is 13.9. The van der Waals surface area contributed by atoms with Crippen LogP contribution in [0.15, 0.2) is 35.3 Å². The number of benzene rings is 1. The van der Waals surface area contributed by atoms with Gasteiger partial charge in [0.1, 0.15) is 5.82 Å². The Balaban J connectivity index is 0.00000264. The summed E-state index contributed by atoms with van der Waals surface area (Å²) >= 11 is 3.34. The van der Waals surface area contributed by atoms with Gasteiger partial charge < -0.3 is 10.6 Å². The van der Waals surface area contributed by atoms with Gasteiger partial charge in [0.25, 0.3) is 0 Å². The van der Waals surface area contributed by atoms with Crippen molar-refractivity contribution in [1.82, 2.24) is 4.90 Å². The topological polar surface area (TPSA) is 46.3 Å². The van der Waals surface area contributed by atoms with Gasteiger partial charge in [-0.2, -0.15) is 0 Å². The van der Waals surface area contributed by atoms with Crippen LogP contribution >= 0.6 is 28.3 Å². The third kappa shape index (κ3) is 5.03. The standard InChI is InChI=1S/C17H22BrFN2O.ClH/c1-2-8-21(11-13-9-14(18)6-7-16(13)19)17(22)15-5-3-4-12(15)10-20;/h2,6-7,9,12,15H,1,3-5,8,10-11,20H2;1H/t12-,15-;/m1./s1. The van der Waals surface area contributed by atoms with E-state index < -0.39 is 0 Å². The zero-order valence-electron chi connectivity index (χ0n) is 13.0. The van der Waals surface area contributed by atoms with Crippen molar-refractivity contribution >= 4 is 34.2 Å². The van der Waals surface area contributed by atoms with Gasteiger partial charge in [-0.3, -0.25) is 4.79 Å². The summed E-state index contributed by atoms with van der Waals surface area (Å²) in [6, 6.07) is 4.78. The smallest absolute Gasteiger partial charge is 0.226 e. The van der Waals surface area contributed by atoms with Gasteiger partial charge in [-0.25, -0.2) is 4.39 Å². The molecule has 0 aromatic heterocycles. The minimum atomic E-state index is -0.299. The zero-order valence-corrected chi connectivity index (χ0v) is 15.4. The van der Waals surface area contributed by atoms with E-state index in [1.807, 2.05) is 0 Å². The highest BCUT2D eigenvalue weighted by Gasteiger charge is 2.34. The predicted octanol–water partition coefficient (Wildman–Crippen LogP) is 3.90. The molecule has 3 nitrogen and oxygen atoms in total. The maximum Gasteiger partial charge on any atom is 0.226 e. The fraction of sp³-hybridized carbons (Fsp3) is 0.471. The van der Waals surface area contributed by atoms with Crippen LogP contribution in [-0.4, -0.2) is 23.9 Å². The lowest BCUT2D eigenvalue weighted by molar-refractivity contribution is -0.136. The number of carbonyl (C=O) groups excluding carboxylic acids is 1. The fourth-order valence-corrected chi connectivity index (χ4v) is 3.55. The lowest BCUT2D eigenvalue weighted by atomic mass is 9.94. The van der Waals surface area contributed by atoms with Crippen LogP contribution < -0.4 is 5.73 Å². The van der Waals surface area contributed by atoms with Crippen molar-refractivity contribution in [1.29, 1.82) is 0 Å². The van der Waals surface area contributed by atoms with Gasteiger partial charge in [0.2, 0.25) is 5.91 Å². The van der Waals surface area contributed by atoms with Crippen LogP contribution in [-0.2, 0) is 11.3 Å². The van der Waals surface area contributed by atoms with Crippen molar-refractivity contribution in [2.24, 2.45) is 17.6 Å². The number of nitrogens with zero attached hydrogens (tertiary/aromatic N) is 1. The quantitative estimate of drug-likeness (QED) is 0.730. The minimum Gasteiger partial charge on any atom is -0.334 e. The van der Waals surface area contributed by atoms with Gasteiger partial charge in [0, 0.05) is 29.0 Å². The SMILES string of the molecule is C=CCN(Cc1cc(Br)ccc1F)C(=O)[C@@H]1CCC[C@@H]1CN.Cl. The third-order valence-corrected chi connectivity index (χ3v) is 4.80. The van der Waals surface area contributed by atoms with Crippen molar-refractivity contribution < 1.29 is 9.18 Å². The van der Waals surface area contributed by atoms with E-state index in [-0.39, 0.29) is 42.5 Å². The average Bonchev–Trinajstić information content (AvgIpc) is 2.98. The molecule has 1 aromatic rings. The molecule has 2 rings (SSSR count). The molecule has 2 atom stereocenters. The second-order valence-corrected chi connectivity index (χ2v) is 6.69. The molecule has 0 unspecified atom stereocenters. The van der Waals surface area contributed by atoms with E-state index in [4.69, 9.17) is 5.73 Å². The molecule has 0 spiro atoms. The molecule has 0 aliphatic heterocycles. The van der Waals surface area contributed by atoms with Crippen molar-refractivity contribution in [2.75, 3.05) is 13.1 Å². The van der Waals surface area contributed by atoms with Crippen LogP contribution in [0.5, 0.6) is 0 Å². The molecule has 0 bridgehead atoms. The van der Waals surface area contributed by atoms with Crippen LogP contribution in [0, 0.1) is 17.7 Å². The average molecular weight is 406 g/mol. The summed E-state index contributed by atoms with van der Waals surface area (Å²) in [5.41, 5.74) is 6.28. The second-order valence-electron chi connectivity index (χ2n) is 5.78. The molecule has 2 N–H and O–H groups in total. The highest BCUT2D eigenvalue weighted by atomic mass is 79.9. The van der Waals surface area contributed by atoms with Gasteiger partial charge in [-0.05, 0) is 43.5 Å². The first-order chi connectivity index (χ1) is 10.6. The maximum atomic E-state index is 13.9. The number of hydrogen-bond acceptors (Lipinski definition) is 2. The van der Waals surface area contributed by atoms with Crippen LogP contribution in [0.4, 0.5) is 4.39 Å². The van der Waals surface area contributed by atoms with Crippen molar-refractivity contribution in [3.63, 3.8) is 0 Å². The number of nitrogens with two attached hydrogens (primary N) is 1. The first-order valence-corrected chi connectivity index (χ1v) is 8.39. The Morgan fingerprint density at radius 2 is 2.22 bits per heavy atom. The molecule has 128 valence electrons. The largest absolute Gasteiger partial charge is 0.334 e. The van der Waals surface area contributed by atoms with E-state index >= 15 is 0 Å². The molecule has 1 aliphatic rings. The zero-order chi connectivity index (χ0) is 16.1. The summed E-state index contributed by atoms with van der Waals surface area (Å²) in [7, 11) is 0. The predicted molar refractivity (Wildman–Crippen MR) is 96.8 cm³/mol. The summed E-state index contributed by atoms with van der Waals surface area (Å²) in [6.45, 7) is 4.91. The molecule has 0 radical (unpaired) electrons. The van der Waals surface area contributed by atoms with Crippen molar-refractivity contribution in [3.05, 3.63) is 46.7 Å². The summed E-state index contributed by atoms with van der Waals surface area (Å²) in [6.07, 6.45) is 4.58. The Morgan fingerprint density at radius 1 is 1.48 bits per heavy atom. The normalized spacial score (nSPS) is 20.0. The number of halogens is 3. The van der Waals surface area contributed by atoms with Gasteiger partial charge in [0.15, 0.2) is 0 Å². The molecule has 1 aromatic carbocycles. The van der Waals surface area contributed by atoms with E-state index in [0.717, 1.165) is 23.7 Å². The van der Waals surface area contributed by atoms with Gasteiger partial charge >= 0.3 is 0 Å². The molecular formula is C17H23BrClFN2O. The Labute approximate surface area is 151 Å². The molecule has 1 saturated carbocycles. The molecule has 1 fully saturated rings. The van der Waals surface area contributed by atoms with E-state index in [1.54, 1.807) is 23.1 Å². The van der Waals surface area contributed by atoms with Crippen LogP contribution in [0.1, 0.15) is 24.8 Å². The number of hydrogen-bond donors (Lipinski definition) is 1. The molecule has 6 heteroatoms. The van der Waals surface area contributed by atoms with Crippen LogP contribution in [0.3, 0.4) is 0 Å². The monoisotopic (exact) mass is 404 g/mol. The first kappa shape index (κ1) is 20.1. The number of carbonyl (C=O) groups is 1. The lowest BCUT2D eigenvalue weighted by Crippen LogP contribution is -2.39. The Morgan fingerprint density at radius 3 is 2.87 bits per heavy atom. The summed E-state index contributed by atoms with van der Waals surface area (Å²) < 4.78 is 14.8. The molecule has 23 heavy (non-hydrogen) atoms. The number of amides is 1. The third-order valence-electron chi connectivity index (χ3n) is 4.31. The van der Waals surface area contributed by atoms with Gasteiger partial charge in [-0.15, -0.1) is 19.0 Å². The first-order valence-electron chi connectivity index (χ1n) is 7.60. The number of rotatable bonds is 6. The highest BCUT2D eigenvalue weighted by molar-refractivity contribution is 9.10. The van der Waals surface area contributed by atoms with E-state index in [2.05, 4.69) is 22.5 Å². The van der Waals surface area contributed by atoms with Crippen LogP contribution in [0.2, 0.25) is 0 Å². The Hall–Kier alpha value is -0.910. The summed E-state index contributed by atoms with van der Waals surface area (Å²) in [4.78, 5) is 14.5. The fourth-order valence-electron chi connectivity index (χ4n) is 3.14. The van der Waals surface area contributed by atoms with Gasteiger partial charge in [0.05, 0.1) is 0 Å². The summed E-state index contributed by atoms with van der Waals surface area (Å²) in [5, 5.41) is 0. The van der Waals surface area contributed by atoms with E-state index in [9.17, 15) is 9.18 Å². The van der Waals surface area contributed by atoms with E-state index in [1.165, 1.54) is 6.07 Å². The lowest BCUT2D eigenvalue weighted by Gasteiger charge is -2.27. The Bertz CT molecular complexity index is 555. The van der Waals surface area contributed by atoms with Crippen LogP contribution in [0.25, 0.3) is 0 Å². The van der Waals surface area contributed by atoms with Crippen molar-refractivity contribution in [2.45, 2.75) is 25.8 Å². The molecule has 0 saturated heterocycles. The minimum absolute atomic E-state index is 0. The van der Waals surface area contributed by atoms with Crippen molar-refractivity contribution in [3.8, 4) is 0 Å². The van der Waals surface area contributed by atoms with E-state index in [0.29, 0.717) is 18.7 Å². The second kappa shape index (κ2) is 9.40. The van der Waals surface area contributed by atoms with Gasteiger partial charge in [-0.1, -0.05) is 28.4 Å². The highest BCUT2D eigenvalue weighted by Crippen LogP contribution is 2.33. The summed E-state index contributed by atoms with van der Waals surface area (Å²) in [5.74, 6) is -0.0357. The Kier molecular flexibility index (Phi) is 8.23. The molecule has 0 heterocycles. The molecular weight excluding hydrogens is 383 g/mol.